The number of esters is 1. The molecule has 4 saturated carbocycles. The second-order valence-corrected chi connectivity index (χ2v) is 14.0. The van der Waals surface area contributed by atoms with Gasteiger partial charge in [0.25, 0.3) is 0 Å². The largest absolute Gasteiger partial charge is 0.466 e. The molecule has 6 nitrogen and oxygen atoms in total. The second kappa shape index (κ2) is 8.13. The molecule has 36 heavy (non-hydrogen) atoms. The van der Waals surface area contributed by atoms with Gasteiger partial charge >= 0.3 is 5.97 Å². The first-order chi connectivity index (χ1) is 16.7. The first-order valence-corrected chi connectivity index (χ1v) is 14.1. The zero-order chi connectivity index (χ0) is 26.5. The lowest BCUT2D eigenvalue weighted by molar-refractivity contribution is -0.150. The predicted molar refractivity (Wildman–Crippen MR) is 136 cm³/mol. The van der Waals surface area contributed by atoms with E-state index < -0.39 is 12.1 Å². The molecule has 5 rings (SSSR count). The average Bonchev–Trinajstić information content (AvgIpc) is 3.42. The van der Waals surface area contributed by atoms with Crippen molar-refractivity contribution in [3.8, 4) is 0 Å². The molecule has 0 spiro atoms. The Morgan fingerprint density at radius 2 is 1.86 bits per heavy atom. The van der Waals surface area contributed by atoms with Gasteiger partial charge in [0.05, 0.1) is 25.2 Å². The van der Waals surface area contributed by atoms with Crippen LogP contribution < -0.4 is 0 Å². The molecule has 0 radical (unpaired) electrons. The minimum absolute atomic E-state index is 0.0221. The van der Waals surface area contributed by atoms with Gasteiger partial charge in [-0.15, -0.1) is 0 Å². The van der Waals surface area contributed by atoms with Crippen LogP contribution in [0, 0.1) is 39.9 Å². The molecule has 4 aliphatic carbocycles. The number of carbonyl (C=O) groups is 2. The highest BCUT2D eigenvalue weighted by atomic mass is 16.6. The minimum atomic E-state index is -0.750. The third-order valence-corrected chi connectivity index (χ3v) is 12.2. The molecule has 5 aliphatic rings. The van der Waals surface area contributed by atoms with Crippen LogP contribution in [0.5, 0.6) is 0 Å². The quantitative estimate of drug-likeness (QED) is 0.324. The number of epoxide rings is 1. The van der Waals surface area contributed by atoms with Crippen LogP contribution in [-0.2, 0) is 19.1 Å². The molecule has 2 N–H and O–H groups in total. The molecule has 10 atom stereocenters. The topological polar surface area (TPSA) is 96.4 Å². The fourth-order valence-electron chi connectivity index (χ4n) is 10.4. The van der Waals surface area contributed by atoms with Crippen molar-refractivity contribution in [1.82, 2.24) is 0 Å². The predicted octanol–water partition coefficient (Wildman–Crippen LogP) is 4.60. The van der Waals surface area contributed by atoms with E-state index in [0.29, 0.717) is 30.1 Å². The first-order valence-electron chi connectivity index (χ1n) is 14.1. The number of Topliss-reactive ketones (excluding diaryl/α,β-unsaturated/α-hetero) is 1. The number of methoxy groups -OCH3 is 1. The van der Waals surface area contributed by atoms with Crippen LogP contribution in [0.15, 0.2) is 11.6 Å². The number of hydrogen-bond donors (Lipinski definition) is 2. The number of carbonyl (C=O) groups excluding carboxylic acids is 2. The van der Waals surface area contributed by atoms with Gasteiger partial charge in [0, 0.05) is 17.4 Å². The number of hydrogen-bond acceptors (Lipinski definition) is 6. The standard InChI is InChI=1S/C30H46O6/c1-17(14-19(31)15-18(2)25(34)35-7)20-16-21(32)24-27(20,5)12-13-30-28(6)10-9-23(33)26(3,4)22(28)8-11-29(24,30)36-30/h15,17,19-20,22-24,31,33H,8-14,16H2,1-7H3/b18-15+/t17-,19-,20+,22+,23-,24-,27+,28+,29+,30+/m1/s1. The van der Waals surface area contributed by atoms with Crippen LogP contribution in [0.4, 0.5) is 0 Å². The van der Waals surface area contributed by atoms with Crippen molar-refractivity contribution in [3.05, 3.63) is 11.6 Å². The summed E-state index contributed by atoms with van der Waals surface area (Å²) in [6.45, 7) is 12.9. The van der Waals surface area contributed by atoms with E-state index in [1.807, 2.05) is 0 Å². The van der Waals surface area contributed by atoms with E-state index in [1.165, 1.54) is 7.11 Å². The number of ketones is 1. The van der Waals surface area contributed by atoms with Gasteiger partial charge in [0.1, 0.15) is 17.0 Å². The van der Waals surface area contributed by atoms with E-state index >= 15 is 0 Å². The average molecular weight is 503 g/mol. The number of fused-ring (bicyclic) bond motifs is 2. The Labute approximate surface area is 216 Å². The zero-order valence-electron chi connectivity index (χ0n) is 23.2. The molecule has 5 fully saturated rings. The third kappa shape index (κ3) is 3.19. The van der Waals surface area contributed by atoms with Crippen molar-refractivity contribution >= 4 is 11.8 Å². The van der Waals surface area contributed by atoms with Crippen molar-refractivity contribution < 1.29 is 29.3 Å². The lowest BCUT2D eigenvalue weighted by atomic mass is 9.41. The molecule has 0 amide bonds. The van der Waals surface area contributed by atoms with Gasteiger partial charge in [0.15, 0.2) is 0 Å². The van der Waals surface area contributed by atoms with Crippen LogP contribution in [0.1, 0.15) is 92.9 Å². The molecule has 202 valence electrons. The second-order valence-electron chi connectivity index (χ2n) is 14.0. The summed E-state index contributed by atoms with van der Waals surface area (Å²) in [5.74, 6) is 0.523. The minimum Gasteiger partial charge on any atom is -0.466 e. The fourth-order valence-corrected chi connectivity index (χ4v) is 10.4. The highest BCUT2D eigenvalue weighted by molar-refractivity contribution is 5.88. The zero-order valence-corrected chi connectivity index (χ0v) is 23.2. The summed E-state index contributed by atoms with van der Waals surface area (Å²) in [5, 5.41) is 21.5. The summed E-state index contributed by atoms with van der Waals surface area (Å²) in [7, 11) is 1.34. The number of rotatable bonds is 5. The molecule has 0 aromatic heterocycles. The Hall–Kier alpha value is -1.24. The number of ether oxygens (including phenoxy) is 2. The molecular formula is C30H46O6. The normalized spacial score (nSPS) is 48.7. The molecule has 0 unspecified atom stereocenters. The monoisotopic (exact) mass is 502 g/mol. The molecule has 6 heteroatoms. The summed E-state index contributed by atoms with van der Waals surface area (Å²) in [6.07, 6.45) is 7.19. The number of aliphatic hydroxyl groups excluding tert-OH is 2. The number of aliphatic hydroxyl groups is 2. The van der Waals surface area contributed by atoms with Gasteiger partial charge < -0.3 is 19.7 Å². The fraction of sp³-hybridized carbons (Fsp3) is 0.867. The van der Waals surface area contributed by atoms with Crippen LogP contribution in [-0.4, -0.2) is 52.5 Å². The van der Waals surface area contributed by atoms with Gasteiger partial charge in [-0.2, -0.15) is 0 Å². The van der Waals surface area contributed by atoms with Crippen molar-refractivity contribution in [2.45, 2.75) is 116 Å². The molecule has 1 saturated heterocycles. The Bertz CT molecular complexity index is 986. The van der Waals surface area contributed by atoms with Gasteiger partial charge in [-0.05, 0) is 86.5 Å². The highest BCUT2D eigenvalue weighted by Crippen LogP contribution is 2.82. The summed E-state index contributed by atoms with van der Waals surface area (Å²) >= 11 is 0. The van der Waals surface area contributed by atoms with Gasteiger partial charge in [-0.1, -0.05) is 34.6 Å². The van der Waals surface area contributed by atoms with Crippen molar-refractivity contribution in [2.24, 2.45) is 39.9 Å². The Balaban J connectivity index is 1.40. The Morgan fingerprint density at radius 1 is 1.17 bits per heavy atom. The summed E-state index contributed by atoms with van der Waals surface area (Å²) < 4.78 is 11.7. The maximum Gasteiger partial charge on any atom is 0.333 e. The Morgan fingerprint density at radius 3 is 2.53 bits per heavy atom. The summed E-state index contributed by atoms with van der Waals surface area (Å²) in [5.41, 5.74) is -0.533. The molecule has 1 heterocycles. The van der Waals surface area contributed by atoms with E-state index in [-0.39, 0.29) is 51.3 Å². The lowest BCUT2D eigenvalue weighted by Gasteiger charge is -2.61. The molecule has 1 aliphatic heterocycles. The molecule has 0 bridgehead atoms. The van der Waals surface area contributed by atoms with Gasteiger partial charge in [0.2, 0.25) is 0 Å². The molecular weight excluding hydrogens is 456 g/mol. The lowest BCUT2D eigenvalue weighted by Crippen LogP contribution is -2.64. The molecule has 0 aromatic rings. The Kier molecular flexibility index (Phi) is 5.95. The molecule has 0 aromatic carbocycles. The van der Waals surface area contributed by atoms with Gasteiger partial charge in [-0.25, -0.2) is 4.79 Å². The van der Waals surface area contributed by atoms with Crippen LogP contribution in [0.3, 0.4) is 0 Å². The highest BCUT2D eigenvalue weighted by Gasteiger charge is 2.88. The first kappa shape index (κ1) is 26.4. The van der Waals surface area contributed by atoms with Crippen molar-refractivity contribution in [2.75, 3.05) is 7.11 Å². The van der Waals surface area contributed by atoms with Crippen molar-refractivity contribution in [1.29, 1.82) is 0 Å². The maximum absolute atomic E-state index is 13.8. The SMILES string of the molecule is COC(=O)/C(C)=C/[C@H](O)C[C@@H](C)[C@@H]1CC(=O)[C@@H]2[C@@]1(C)CC[C@@]13O[C@@]21CC[C@H]1C(C)(C)[C@H](O)CC[C@@]13C. The van der Waals surface area contributed by atoms with Crippen LogP contribution in [0.2, 0.25) is 0 Å². The van der Waals surface area contributed by atoms with E-state index in [4.69, 9.17) is 9.47 Å². The van der Waals surface area contributed by atoms with Crippen molar-refractivity contribution in [3.63, 3.8) is 0 Å². The van der Waals surface area contributed by atoms with Crippen LogP contribution in [0.25, 0.3) is 0 Å². The van der Waals surface area contributed by atoms with Crippen LogP contribution >= 0.6 is 0 Å². The van der Waals surface area contributed by atoms with E-state index in [1.54, 1.807) is 13.0 Å². The van der Waals surface area contributed by atoms with E-state index in [0.717, 1.165) is 38.5 Å². The summed E-state index contributed by atoms with van der Waals surface area (Å²) in [4.78, 5) is 25.5. The van der Waals surface area contributed by atoms with E-state index in [2.05, 4.69) is 34.6 Å². The van der Waals surface area contributed by atoms with E-state index in [9.17, 15) is 19.8 Å². The smallest absolute Gasteiger partial charge is 0.333 e. The third-order valence-electron chi connectivity index (χ3n) is 12.2. The maximum atomic E-state index is 13.8. The van der Waals surface area contributed by atoms with Gasteiger partial charge in [-0.3, -0.25) is 4.79 Å². The summed E-state index contributed by atoms with van der Waals surface area (Å²) in [6, 6.07) is 0.